The van der Waals surface area contributed by atoms with Gasteiger partial charge in [0.15, 0.2) is 0 Å². The molecule has 1 aliphatic heterocycles. The van der Waals surface area contributed by atoms with Crippen LogP contribution in [0.3, 0.4) is 0 Å². The van der Waals surface area contributed by atoms with Crippen LogP contribution in [-0.4, -0.2) is 79.3 Å². The molecule has 9 nitrogen and oxygen atoms in total. The summed E-state index contributed by atoms with van der Waals surface area (Å²) in [4.78, 5) is 27.1. The molecule has 3 atom stereocenters. The van der Waals surface area contributed by atoms with E-state index in [1.165, 1.54) is 4.90 Å². The van der Waals surface area contributed by atoms with E-state index in [1.807, 2.05) is 20.8 Å². The van der Waals surface area contributed by atoms with Gasteiger partial charge >= 0.3 is 12.0 Å². The summed E-state index contributed by atoms with van der Waals surface area (Å²) >= 11 is 0. The SMILES string of the molecule is CCN(C(=O)N1C[C@H](N)[C@H](C(=O)O)[C@@H]1CNS(C)(=O)=O)C(C)C. The molecule has 1 heterocycles. The van der Waals surface area contributed by atoms with Gasteiger partial charge in [-0.2, -0.15) is 0 Å². The van der Waals surface area contributed by atoms with Crippen LogP contribution in [-0.2, 0) is 14.8 Å². The van der Waals surface area contributed by atoms with Crippen LogP contribution in [0.1, 0.15) is 20.8 Å². The molecule has 1 aliphatic rings. The number of carbonyl (C=O) groups is 2. The lowest BCUT2D eigenvalue weighted by Gasteiger charge is -2.34. The molecule has 10 heteroatoms. The number of carbonyl (C=O) groups excluding carboxylic acids is 1. The molecule has 0 aliphatic carbocycles. The summed E-state index contributed by atoms with van der Waals surface area (Å²) in [6.45, 7) is 5.91. The number of nitrogens with one attached hydrogen (secondary N) is 1. The third-order valence-electron chi connectivity index (χ3n) is 3.98. The molecule has 4 N–H and O–H groups in total. The van der Waals surface area contributed by atoms with E-state index >= 15 is 0 Å². The van der Waals surface area contributed by atoms with Crippen LogP contribution in [0.25, 0.3) is 0 Å². The first-order valence-corrected chi connectivity index (χ1v) is 9.39. The maximum Gasteiger partial charge on any atom is 0.320 e. The number of nitrogens with zero attached hydrogens (tertiary/aromatic N) is 2. The van der Waals surface area contributed by atoms with E-state index in [9.17, 15) is 23.1 Å². The highest BCUT2D eigenvalue weighted by atomic mass is 32.2. The Morgan fingerprint density at radius 3 is 2.39 bits per heavy atom. The van der Waals surface area contributed by atoms with Crippen molar-refractivity contribution in [1.82, 2.24) is 14.5 Å². The van der Waals surface area contributed by atoms with Gasteiger partial charge in [0, 0.05) is 31.7 Å². The second-order valence-corrected chi connectivity index (χ2v) is 7.86. The van der Waals surface area contributed by atoms with Crippen molar-refractivity contribution in [2.75, 3.05) is 25.9 Å². The second kappa shape index (κ2) is 7.45. The highest BCUT2D eigenvalue weighted by Crippen LogP contribution is 2.25. The van der Waals surface area contributed by atoms with Gasteiger partial charge in [-0.15, -0.1) is 0 Å². The summed E-state index contributed by atoms with van der Waals surface area (Å²) in [5.41, 5.74) is 5.89. The second-order valence-electron chi connectivity index (χ2n) is 6.03. The predicted molar refractivity (Wildman–Crippen MR) is 85.4 cm³/mol. The lowest BCUT2D eigenvalue weighted by Crippen LogP contribution is -2.52. The minimum Gasteiger partial charge on any atom is -0.481 e. The molecule has 23 heavy (non-hydrogen) atoms. The number of urea groups is 1. The normalized spacial score (nSPS) is 25.0. The van der Waals surface area contributed by atoms with E-state index in [1.54, 1.807) is 4.90 Å². The Kier molecular flexibility index (Phi) is 6.37. The van der Waals surface area contributed by atoms with Gasteiger partial charge in [-0.05, 0) is 20.8 Å². The van der Waals surface area contributed by atoms with Crippen molar-refractivity contribution in [2.45, 2.75) is 38.9 Å². The monoisotopic (exact) mass is 350 g/mol. The third-order valence-corrected chi connectivity index (χ3v) is 4.67. The molecular formula is C13H26N4O5S. The fourth-order valence-electron chi connectivity index (χ4n) is 2.88. The number of rotatable bonds is 6. The van der Waals surface area contributed by atoms with E-state index in [0.717, 1.165) is 6.26 Å². The van der Waals surface area contributed by atoms with Gasteiger partial charge in [0.25, 0.3) is 0 Å². The standard InChI is InChI=1S/C13H26N4O5S/c1-5-16(8(2)3)13(20)17-7-9(14)11(12(18)19)10(17)6-15-23(4,21)22/h8-11,15H,5-7,14H2,1-4H3,(H,18,19)/t9-,10-,11-/m0/s1. The van der Waals surface area contributed by atoms with E-state index in [4.69, 9.17) is 5.73 Å². The minimum atomic E-state index is -3.50. The van der Waals surface area contributed by atoms with Crippen molar-refractivity contribution in [1.29, 1.82) is 0 Å². The first kappa shape index (κ1) is 19.7. The molecule has 1 fully saturated rings. The molecule has 1 rings (SSSR count). The van der Waals surface area contributed by atoms with Crippen LogP contribution in [0.4, 0.5) is 4.79 Å². The van der Waals surface area contributed by atoms with Gasteiger partial charge in [-0.1, -0.05) is 0 Å². The Labute approximate surface area is 136 Å². The van der Waals surface area contributed by atoms with Crippen LogP contribution < -0.4 is 10.5 Å². The van der Waals surface area contributed by atoms with Gasteiger partial charge in [-0.3, -0.25) is 4.79 Å². The van der Waals surface area contributed by atoms with Gasteiger partial charge in [0.1, 0.15) is 0 Å². The van der Waals surface area contributed by atoms with Crippen LogP contribution in [0.5, 0.6) is 0 Å². The highest BCUT2D eigenvalue weighted by molar-refractivity contribution is 7.88. The molecule has 2 amide bonds. The van der Waals surface area contributed by atoms with Crippen molar-refractivity contribution in [3.8, 4) is 0 Å². The van der Waals surface area contributed by atoms with Crippen LogP contribution in [0, 0.1) is 5.92 Å². The Bertz CT molecular complexity index is 551. The fourth-order valence-corrected chi connectivity index (χ4v) is 3.36. The van der Waals surface area contributed by atoms with Crippen molar-refractivity contribution < 1.29 is 23.1 Å². The third kappa shape index (κ3) is 4.79. The summed E-state index contributed by atoms with van der Waals surface area (Å²) in [5, 5.41) is 9.38. The summed E-state index contributed by atoms with van der Waals surface area (Å²) in [5.74, 6) is -2.15. The van der Waals surface area contributed by atoms with Gasteiger partial charge in [0.05, 0.1) is 18.2 Å². The van der Waals surface area contributed by atoms with Gasteiger partial charge in [0.2, 0.25) is 10.0 Å². The Balaban J connectivity index is 3.07. The molecule has 0 bridgehead atoms. The zero-order valence-electron chi connectivity index (χ0n) is 13.9. The predicted octanol–water partition coefficient (Wildman–Crippen LogP) is -0.902. The van der Waals surface area contributed by atoms with E-state index < -0.39 is 34.0 Å². The summed E-state index contributed by atoms with van der Waals surface area (Å²) in [7, 11) is -3.50. The first-order chi connectivity index (χ1) is 10.5. The average molecular weight is 350 g/mol. The molecule has 0 saturated carbocycles. The lowest BCUT2D eigenvalue weighted by molar-refractivity contribution is -0.142. The number of nitrogens with two attached hydrogens (primary N) is 1. The molecule has 0 radical (unpaired) electrons. The van der Waals surface area contributed by atoms with Crippen molar-refractivity contribution in [2.24, 2.45) is 11.7 Å². The van der Waals surface area contributed by atoms with E-state index in [-0.39, 0.29) is 25.2 Å². The number of sulfonamides is 1. The number of carboxylic acids is 1. The first-order valence-electron chi connectivity index (χ1n) is 7.49. The number of likely N-dealkylation sites (tertiary alicyclic amines) is 1. The van der Waals surface area contributed by atoms with Crippen LogP contribution in [0.15, 0.2) is 0 Å². The number of amides is 2. The molecule has 0 spiro atoms. The largest absolute Gasteiger partial charge is 0.481 e. The van der Waals surface area contributed by atoms with Crippen LogP contribution in [0.2, 0.25) is 0 Å². The quantitative estimate of drug-likeness (QED) is 0.568. The maximum atomic E-state index is 12.7. The Hall–Kier alpha value is -1.39. The topological polar surface area (TPSA) is 133 Å². The number of carboxylic acid groups (broad SMARTS) is 1. The molecule has 1 saturated heterocycles. The van der Waals surface area contributed by atoms with Gasteiger partial charge < -0.3 is 20.6 Å². The molecule has 0 aromatic carbocycles. The molecule has 0 unspecified atom stereocenters. The Morgan fingerprint density at radius 1 is 1.43 bits per heavy atom. The molecule has 0 aromatic rings. The lowest BCUT2D eigenvalue weighted by atomic mass is 9.97. The number of hydrogen-bond donors (Lipinski definition) is 3. The minimum absolute atomic E-state index is 0.0591. The molecule has 0 aromatic heterocycles. The highest BCUT2D eigenvalue weighted by Gasteiger charge is 2.47. The van der Waals surface area contributed by atoms with Crippen molar-refractivity contribution in [3.05, 3.63) is 0 Å². The van der Waals surface area contributed by atoms with E-state index in [0.29, 0.717) is 6.54 Å². The zero-order chi connectivity index (χ0) is 17.9. The smallest absolute Gasteiger partial charge is 0.320 e. The van der Waals surface area contributed by atoms with Gasteiger partial charge in [-0.25, -0.2) is 17.9 Å². The van der Waals surface area contributed by atoms with Crippen molar-refractivity contribution in [3.63, 3.8) is 0 Å². The zero-order valence-corrected chi connectivity index (χ0v) is 14.7. The fraction of sp³-hybridized carbons (Fsp3) is 0.846. The summed E-state index contributed by atoms with van der Waals surface area (Å²) in [6.07, 6.45) is 0.982. The van der Waals surface area contributed by atoms with E-state index in [2.05, 4.69) is 4.72 Å². The number of aliphatic carboxylic acids is 1. The Morgan fingerprint density at radius 2 is 2.00 bits per heavy atom. The van der Waals surface area contributed by atoms with Crippen LogP contribution >= 0.6 is 0 Å². The van der Waals surface area contributed by atoms with Crippen molar-refractivity contribution >= 4 is 22.0 Å². The average Bonchev–Trinajstić information content (AvgIpc) is 2.72. The number of hydrogen-bond acceptors (Lipinski definition) is 5. The molecular weight excluding hydrogens is 324 g/mol. The maximum absolute atomic E-state index is 12.7. The summed E-state index contributed by atoms with van der Waals surface area (Å²) in [6, 6.07) is -1.95. The summed E-state index contributed by atoms with van der Waals surface area (Å²) < 4.78 is 24.9. The molecule has 134 valence electrons.